The maximum absolute atomic E-state index is 12.5. The van der Waals surface area contributed by atoms with E-state index in [9.17, 15) is 14.4 Å². The van der Waals surface area contributed by atoms with E-state index in [0.717, 1.165) is 30.6 Å². The van der Waals surface area contributed by atoms with E-state index < -0.39 is 17.9 Å². The molecule has 0 aromatic carbocycles. The lowest BCUT2D eigenvalue weighted by atomic mass is 9.87. The summed E-state index contributed by atoms with van der Waals surface area (Å²) in [5, 5.41) is 4.24. The van der Waals surface area contributed by atoms with Crippen LogP contribution in [0.2, 0.25) is 0 Å². The van der Waals surface area contributed by atoms with E-state index in [4.69, 9.17) is 0 Å². The molecule has 2 fully saturated rings. The molecule has 1 aromatic rings. The van der Waals surface area contributed by atoms with Gasteiger partial charge in [-0.3, -0.25) is 19.8 Å². The number of amides is 4. The van der Waals surface area contributed by atoms with Crippen LogP contribution in [0.25, 0.3) is 0 Å². The van der Waals surface area contributed by atoms with Crippen LogP contribution in [0.1, 0.15) is 30.6 Å². The Balaban J connectivity index is 1.80. The monoisotopic (exact) mass is 292 g/mol. The number of imide groups is 2. The molecular formula is C14H16N2O3S. The van der Waals surface area contributed by atoms with E-state index in [0.29, 0.717) is 0 Å². The van der Waals surface area contributed by atoms with Gasteiger partial charge >= 0.3 is 6.03 Å². The molecule has 0 radical (unpaired) electrons. The number of urea groups is 1. The predicted molar refractivity (Wildman–Crippen MR) is 73.9 cm³/mol. The van der Waals surface area contributed by atoms with Crippen molar-refractivity contribution in [1.82, 2.24) is 10.2 Å². The van der Waals surface area contributed by atoms with E-state index in [1.807, 2.05) is 17.5 Å². The highest BCUT2D eigenvalue weighted by Crippen LogP contribution is 2.34. The van der Waals surface area contributed by atoms with Gasteiger partial charge in [-0.05, 0) is 30.2 Å². The molecular weight excluding hydrogens is 276 g/mol. The van der Waals surface area contributed by atoms with Gasteiger partial charge in [-0.2, -0.15) is 0 Å². The van der Waals surface area contributed by atoms with Crippen LogP contribution < -0.4 is 5.32 Å². The molecule has 1 aliphatic heterocycles. The van der Waals surface area contributed by atoms with Crippen LogP contribution in [0, 0.1) is 11.8 Å². The minimum atomic E-state index is -0.685. The normalized spacial score (nSPS) is 24.3. The van der Waals surface area contributed by atoms with Gasteiger partial charge in [0.15, 0.2) is 0 Å². The lowest BCUT2D eigenvalue weighted by Gasteiger charge is -2.32. The van der Waals surface area contributed by atoms with E-state index in [1.165, 1.54) is 16.2 Å². The summed E-state index contributed by atoms with van der Waals surface area (Å²) in [5.74, 6) is -1.36. The number of carbonyl (C=O) groups is 3. The van der Waals surface area contributed by atoms with Gasteiger partial charge in [0.2, 0.25) is 11.8 Å². The van der Waals surface area contributed by atoms with Crippen molar-refractivity contribution in [2.24, 2.45) is 11.8 Å². The first-order valence-corrected chi connectivity index (χ1v) is 7.73. The molecule has 2 heterocycles. The van der Waals surface area contributed by atoms with Gasteiger partial charge in [-0.1, -0.05) is 18.9 Å². The third kappa shape index (κ3) is 2.35. The number of carbonyl (C=O) groups excluding carboxylic acids is 3. The van der Waals surface area contributed by atoms with Crippen molar-refractivity contribution in [3.63, 3.8) is 0 Å². The molecule has 1 saturated heterocycles. The molecule has 1 saturated carbocycles. The summed E-state index contributed by atoms with van der Waals surface area (Å²) in [7, 11) is 0. The average Bonchev–Trinajstić information content (AvgIpc) is 3.07. The third-order valence-corrected chi connectivity index (χ3v) is 4.92. The summed E-state index contributed by atoms with van der Waals surface area (Å²) >= 11 is 1.50. The Morgan fingerprint density at radius 1 is 1.25 bits per heavy atom. The van der Waals surface area contributed by atoms with Gasteiger partial charge < -0.3 is 0 Å². The Morgan fingerprint density at radius 2 is 2.00 bits per heavy atom. The lowest BCUT2D eigenvalue weighted by molar-refractivity contribution is -0.145. The molecule has 6 heteroatoms. The second kappa shape index (κ2) is 5.36. The zero-order valence-electron chi connectivity index (χ0n) is 11.0. The molecule has 1 atom stereocenters. The highest BCUT2D eigenvalue weighted by molar-refractivity contribution is 7.09. The molecule has 3 rings (SSSR count). The second-order valence-corrected chi connectivity index (χ2v) is 6.35. The van der Waals surface area contributed by atoms with Gasteiger partial charge in [0.1, 0.15) is 5.92 Å². The summed E-state index contributed by atoms with van der Waals surface area (Å²) in [6.07, 6.45) is 3.90. The topological polar surface area (TPSA) is 66.5 Å². The Hall–Kier alpha value is -1.69. The Labute approximate surface area is 121 Å². The summed E-state index contributed by atoms with van der Waals surface area (Å²) in [6.45, 7) is 0.249. The average molecular weight is 292 g/mol. The first kappa shape index (κ1) is 13.3. The number of rotatable bonds is 3. The summed E-state index contributed by atoms with van der Waals surface area (Å²) in [4.78, 5) is 38.5. The molecule has 5 nitrogen and oxygen atoms in total. The summed E-state index contributed by atoms with van der Waals surface area (Å²) < 4.78 is 0. The lowest BCUT2D eigenvalue weighted by Crippen LogP contribution is -2.58. The maximum atomic E-state index is 12.5. The van der Waals surface area contributed by atoms with Crippen molar-refractivity contribution in [3.05, 3.63) is 22.4 Å². The number of hydrogen-bond donors (Lipinski definition) is 1. The third-order valence-electron chi connectivity index (χ3n) is 4.06. The van der Waals surface area contributed by atoms with Gasteiger partial charge in [0.05, 0.1) is 6.54 Å². The summed E-state index contributed by atoms with van der Waals surface area (Å²) in [6, 6.07) is 3.17. The number of nitrogens with one attached hydrogen (secondary N) is 1. The molecule has 1 N–H and O–H groups in total. The Morgan fingerprint density at radius 3 is 2.65 bits per heavy atom. The highest BCUT2D eigenvalue weighted by Gasteiger charge is 2.45. The fourth-order valence-electron chi connectivity index (χ4n) is 3.05. The largest absolute Gasteiger partial charge is 0.331 e. The van der Waals surface area contributed by atoms with Gasteiger partial charge in [0, 0.05) is 4.88 Å². The van der Waals surface area contributed by atoms with Crippen molar-refractivity contribution >= 4 is 29.2 Å². The maximum Gasteiger partial charge on any atom is 0.331 e. The smallest absolute Gasteiger partial charge is 0.277 e. The van der Waals surface area contributed by atoms with E-state index in [1.54, 1.807) is 0 Å². The molecule has 0 spiro atoms. The predicted octanol–water partition coefficient (Wildman–Crippen LogP) is 2.13. The molecule has 1 aromatic heterocycles. The van der Waals surface area contributed by atoms with Gasteiger partial charge in [0.25, 0.3) is 0 Å². The van der Waals surface area contributed by atoms with Crippen molar-refractivity contribution in [2.75, 3.05) is 0 Å². The first-order valence-electron chi connectivity index (χ1n) is 6.85. The van der Waals surface area contributed by atoms with E-state index >= 15 is 0 Å². The number of thiophene rings is 1. The second-order valence-electron chi connectivity index (χ2n) is 5.32. The molecule has 20 heavy (non-hydrogen) atoms. The van der Waals surface area contributed by atoms with Crippen molar-refractivity contribution in [1.29, 1.82) is 0 Å². The van der Waals surface area contributed by atoms with Crippen LogP contribution >= 0.6 is 11.3 Å². The molecule has 4 amide bonds. The van der Waals surface area contributed by atoms with Crippen LogP contribution in [0.5, 0.6) is 0 Å². The standard InChI is InChI=1S/C14H16N2O3S/c17-12-11(9-4-1-2-5-9)13(18)16(14(19)15-12)8-10-6-3-7-20-10/h3,6-7,9,11H,1-2,4-5,8H2,(H,15,17,19). The SMILES string of the molecule is O=C1NC(=O)N(Cc2cccs2)C(=O)C1C1CCCC1. The Bertz CT molecular complexity index is 535. The van der Waals surface area contributed by atoms with Crippen LogP contribution in [-0.4, -0.2) is 22.7 Å². The molecule has 1 unspecified atom stereocenters. The van der Waals surface area contributed by atoms with Crippen LogP contribution in [0.15, 0.2) is 17.5 Å². The Kier molecular flexibility index (Phi) is 3.56. The number of nitrogens with zero attached hydrogens (tertiary/aromatic N) is 1. The van der Waals surface area contributed by atoms with E-state index in [2.05, 4.69) is 5.32 Å². The highest BCUT2D eigenvalue weighted by atomic mass is 32.1. The number of barbiturate groups is 1. The van der Waals surface area contributed by atoms with Crippen LogP contribution in [0.4, 0.5) is 4.79 Å². The zero-order valence-corrected chi connectivity index (χ0v) is 11.8. The zero-order chi connectivity index (χ0) is 14.1. The van der Waals surface area contributed by atoms with E-state index in [-0.39, 0.29) is 18.4 Å². The first-order chi connectivity index (χ1) is 9.66. The fourth-order valence-corrected chi connectivity index (χ4v) is 3.74. The quantitative estimate of drug-likeness (QED) is 0.868. The van der Waals surface area contributed by atoms with Crippen molar-refractivity contribution in [3.8, 4) is 0 Å². The molecule has 106 valence electrons. The number of hydrogen-bond acceptors (Lipinski definition) is 4. The van der Waals surface area contributed by atoms with Crippen LogP contribution in [0.3, 0.4) is 0 Å². The summed E-state index contributed by atoms with van der Waals surface area (Å²) in [5.41, 5.74) is 0. The van der Waals surface area contributed by atoms with Crippen molar-refractivity contribution in [2.45, 2.75) is 32.2 Å². The van der Waals surface area contributed by atoms with Crippen LogP contribution in [-0.2, 0) is 16.1 Å². The van der Waals surface area contributed by atoms with Gasteiger partial charge in [-0.15, -0.1) is 11.3 Å². The van der Waals surface area contributed by atoms with Gasteiger partial charge in [-0.25, -0.2) is 4.79 Å². The molecule has 0 bridgehead atoms. The molecule has 1 aliphatic carbocycles. The van der Waals surface area contributed by atoms with Crippen molar-refractivity contribution < 1.29 is 14.4 Å². The fraction of sp³-hybridized carbons (Fsp3) is 0.500. The minimum Gasteiger partial charge on any atom is -0.277 e. The minimum absolute atomic E-state index is 0.0847. The molecule has 2 aliphatic rings.